The standard InChI is InChI=1S/C31H40N2O7/c1-5-20(3)23(19-34)33-26-28(36)32(21-11-13-22(38-4)14-12-21)17-10-16-31(26)24(27(33)35)25-29(37)39-18-9-7-8-15-30(25,6-2)40-31/h8,10-16,20,23-26,34H,5-7,9,17-19H2,1-4H3/b15-8-/t20-,23-,24-,25+,26?,30-,31-/m0/s1. The average Bonchev–Trinajstić information content (AvgIpc) is 3.35. The first-order valence-corrected chi connectivity index (χ1v) is 14.4. The van der Waals surface area contributed by atoms with E-state index < -0.39 is 41.1 Å². The molecule has 7 atom stereocenters. The number of cyclic esters (lactones) is 1. The molecule has 4 heterocycles. The van der Waals surface area contributed by atoms with Crippen molar-refractivity contribution in [1.82, 2.24) is 4.90 Å². The number of benzene rings is 1. The van der Waals surface area contributed by atoms with Crippen LogP contribution in [0.15, 0.2) is 48.6 Å². The monoisotopic (exact) mass is 552 g/mol. The van der Waals surface area contributed by atoms with Crippen LogP contribution >= 0.6 is 0 Å². The highest BCUT2D eigenvalue weighted by Gasteiger charge is 2.76. The number of nitrogens with zero attached hydrogens (tertiary/aromatic N) is 2. The van der Waals surface area contributed by atoms with E-state index >= 15 is 0 Å². The molecule has 9 heteroatoms. The van der Waals surface area contributed by atoms with E-state index in [1.165, 1.54) is 4.90 Å². The lowest BCUT2D eigenvalue weighted by molar-refractivity contribution is -0.161. The Morgan fingerprint density at radius 3 is 2.48 bits per heavy atom. The minimum absolute atomic E-state index is 0.0948. The number of methoxy groups -OCH3 is 1. The van der Waals surface area contributed by atoms with Crippen molar-refractivity contribution in [3.63, 3.8) is 0 Å². The maximum atomic E-state index is 14.6. The fourth-order valence-corrected chi connectivity index (χ4v) is 6.98. The van der Waals surface area contributed by atoms with Crippen molar-refractivity contribution >= 4 is 23.5 Å². The van der Waals surface area contributed by atoms with Gasteiger partial charge in [0.1, 0.15) is 28.9 Å². The van der Waals surface area contributed by atoms with E-state index in [-0.39, 0.29) is 37.5 Å². The molecule has 2 amide bonds. The first-order chi connectivity index (χ1) is 19.3. The first-order valence-electron chi connectivity index (χ1n) is 14.4. The third-order valence-corrected chi connectivity index (χ3v) is 9.30. The molecule has 40 heavy (non-hydrogen) atoms. The van der Waals surface area contributed by atoms with E-state index in [4.69, 9.17) is 14.2 Å². The summed E-state index contributed by atoms with van der Waals surface area (Å²) < 4.78 is 18.0. The van der Waals surface area contributed by atoms with Gasteiger partial charge in [0.2, 0.25) is 5.91 Å². The summed E-state index contributed by atoms with van der Waals surface area (Å²) in [5.74, 6) is -2.48. The molecule has 2 fully saturated rings. The zero-order chi connectivity index (χ0) is 28.7. The molecule has 0 radical (unpaired) electrons. The molecule has 0 bridgehead atoms. The Labute approximate surface area is 235 Å². The highest BCUT2D eigenvalue weighted by Crippen LogP contribution is 2.59. The normalized spacial score (nSPS) is 34.0. The molecule has 4 aliphatic heterocycles. The Balaban J connectivity index is 1.69. The van der Waals surface area contributed by atoms with Crippen LogP contribution in [0.3, 0.4) is 0 Å². The van der Waals surface area contributed by atoms with Gasteiger partial charge >= 0.3 is 5.97 Å². The van der Waals surface area contributed by atoms with Crippen LogP contribution in [0, 0.1) is 17.8 Å². The number of hydrogen-bond donors (Lipinski definition) is 1. The lowest BCUT2D eigenvalue weighted by Gasteiger charge is -2.42. The Kier molecular flexibility index (Phi) is 7.81. The number of rotatable bonds is 7. The average molecular weight is 553 g/mol. The van der Waals surface area contributed by atoms with Crippen LogP contribution in [0.2, 0.25) is 0 Å². The predicted molar refractivity (Wildman–Crippen MR) is 149 cm³/mol. The van der Waals surface area contributed by atoms with Crippen LogP contribution < -0.4 is 9.64 Å². The van der Waals surface area contributed by atoms with Crippen molar-refractivity contribution in [2.24, 2.45) is 17.8 Å². The molecule has 216 valence electrons. The van der Waals surface area contributed by atoms with E-state index in [1.54, 1.807) is 36.3 Å². The molecule has 0 saturated carbocycles. The number of aliphatic hydroxyl groups excluding tert-OH is 1. The van der Waals surface area contributed by atoms with Crippen molar-refractivity contribution in [1.29, 1.82) is 0 Å². The van der Waals surface area contributed by atoms with Gasteiger partial charge in [-0.25, -0.2) is 0 Å². The van der Waals surface area contributed by atoms with Gasteiger partial charge in [0.25, 0.3) is 5.91 Å². The highest BCUT2D eigenvalue weighted by molar-refractivity contribution is 6.05. The second-order valence-corrected chi connectivity index (χ2v) is 11.3. The molecular formula is C31H40N2O7. The quantitative estimate of drug-likeness (QED) is 0.409. The Hall–Kier alpha value is -3.17. The number of carbonyl (C=O) groups is 3. The second kappa shape index (κ2) is 11.0. The number of amides is 2. The topological polar surface area (TPSA) is 106 Å². The second-order valence-electron chi connectivity index (χ2n) is 11.3. The summed E-state index contributed by atoms with van der Waals surface area (Å²) in [6.07, 6.45) is 10.1. The number of esters is 1. The molecule has 4 aliphatic rings. The van der Waals surface area contributed by atoms with E-state index in [1.807, 2.05) is 45.1 Å². The minimum atomic E-state index is -1.40. The highest BCUT2D eigenvalue weighted by atomic mass is 16.6. The molecule has 1 aromatic rings. The summed E-state index contributed by atoms with van der Waals surface area (Å²) in [7, 11) is 1.58. The maximum Gasteiger partial charge on any atom is 0.313 e. The van der Waals surface area contributed by atoms with Crippen molar-refractivity contribution in [2.75, 3.05) is 31.8 Å². The van der Waals surface area contributed by atoms with Gasteiger partial charge in [0, 0.05) is 12.2 Å². The molecule has 1 aromatic carbocycles. The number of hydrogen-bond acceptors (Lipinski definition) is 7. The maximum absolute atomic E-state index is 14.6. The number of anilines is 1. The number of carbonyl (C=O) groups excluding carboxylic acids is 3. The smallest absolute Gasteiger partial charge is 0.313 e. The number of likely N-dealkylation sites (tertiary alicyclic amines) is 1. The molecule has 1 spiro atoms. The van der Waals surface area contributed by atoms with E-state index in [9.17, 15) is 19.5 Å². The molecular weight excluding hydrogens is 512 g/mol. The minimum Gasteiger partial charge on any atom is -0.497 e. The fourth-order valence-electron chi connectivity index (χ4n) is 6.98. The van der Waals surface area contributed by atoms with E-state index in [0.717, 1.165) is 0 Å². The van der Waals surface area contributed by atoms with Crippen LogP contribution in [0.5, 0.6) is 5.75 Å². The molecule has 2 saturated heterocycles. The van der Waals surface area contributed by atoms with E-state index in [0.29, 0.717) is 37.1 Å². The molecule has 9 nitrogen and oxygen atoms in total. The summed E-state index contributed by atoms with van der Waals surface area (Å²) in [6.45, 7) is 6.08. The molecule has 0 aliphatic carbocycles. The molecule has 1 unspecified atom stereocenters. The molecule has 1 N–H and O–H groups in total. The third-order valence-electron chi connectivity index (χ3n) is 9.30. The lowest BCUT2D eigenvalue weighted by Crippen LogP contribution is -2.60. The zero-order valence-corrected chi connectivity index (χ0v) is 23.7. The zero-order valence-electron chi connectivity index (χ0n) is 23.7. The lowest BCUT2D eigenvalue weighted by atomic mass is 9.73. The summed E-state index contributed by atoms with van der Waals surface area (Å²) in [5, 5.41) is 10.6. The number of ether oxygens (including phenoxy) is 3. The Bertz CT molecular complexity index is 1200. The van der Waals surface area contributed by atoms with Crippen LogP contribution in [0.4, 0.5) is 5.69 Å². The largest absolute Gasteiger partial charge is 0.497 e. The van der Waals surface area contributed by atoms with Crippen molar-refractivity contribution < 1.29 is 33.7 Å². The SMILES string of the molecule is CC[C@H](C)[C@H](CO)N1C(=O)[C@@H]2[C@@H]3C(=O)OCCC/C=C\[C@]3(CC)O[C@@]23C=CCN(c2ccc(OC)cc2)C(=O)C13. The van der Waals surface area contributed by atoms with Gasteiger partial charge in [-0.3, -0.25) is 14.4 Å². The van der Waals surface area contributed by atoms with Gasteiger partial charge < -0.3 is 29.1 Å². The van der Waals surface area contributed by atoms with E-state index in [2.05, 4.69) is 0 Å². The van der Waals surface area contributed by atoms with Crippen LogP contribution in [0.1, 0.15) is 46.5 Å². The van der Waals surface area contributed by atoms with Crippen LogP contribution in [-0.2, 0) is 23.9 Å². The van der Waals surface area contributed by atoms with Crippen LogP contribution in [0.25, 0.3) is 0 Å². The summed E-state index contributed by atoms with van der Waals surface area (Å²) in [6, 6.07) is 5.48. The van der Waals surface area contributed by atoms with Gasteiger partial charge in [-0.05, 0) is 49.4 Å². The summed E-state index contributed by atoms with van der Waals surface area (Å²) >= 11 is 0. The number of allylic oxidation sites excluding steroid dienone is 1. The summed E-state index contributed by atoms with van der Waals surface area (Å²) in [5.41, 5.74) is -1.85. The van der Waals surface area contributed by atoms with Crippen LogP contribution in [-0.4, -0.2) is 77.9 Å². The first kappa shape index (κ1) is 28.4. The molecule has 5 rings (SSSR count). The van der Waals surface area contributed by atoms with Crippen molar-refractivity contribution in [3.05, 3.63) is 48.6 Å². The van der Waals surface area contributed by atoms with Crippen molar-refractivity contribution in [2.45, 2.75) is 69.7 Å². The van der Waals surface area contributed by atoms with Gasteiger partial charge in [-0.2, -0.15) is 0 Å². The molecule has 0 aromatic heterocycles. The Morgan fingerprint density at radius 1 is 1.07 bits per heavy atom. The fraction of sp³-hybridized carbons (Fsp3) is 0.581. The van der Waals surface area contributed by atoms with Gasteiger partial charge in [0.15, 0.2) is 0 Å². The van der Waals surface area contributed by atoms with Gasteiger partial charge in [-0.1, -0.05) is 51.5 Å². The van der Waals surface area contributed by atoms with Crippen molar-refractivity contribution in [3.8, 4) is 5.75 Å². The summed E-state index contributed by atoms with van der Waals surface area (Å²) in [4.78, 5) is 46.1. The Morgan fingerprint density at radius 2 is 1.82 bits per heavy atom. The number of fused-ring (bicyclic) bond motifs is 2. The van der Waals surface area contributed by atoms with Gasteiger partial charge in [0.05, 0.1) is 32.3 Å². The predicted octanol–water partition coefficient (Wildman–Crippen LogP) is 3.26. The van der Waals surface area contributed by atoms with Gasteiger partial charge in [-0.15, -0.1) is 0 Å². The third kappa shape index (κ3) is 4.25. The number of aliphatic hydroxyl groups is 1.